The van der Waals surface area contributed by atoms with Crippen LogP contribution < -0.4 is 4.90 Å². The fourth-order valence-electron chi connectivity index (χ4n) is 0.726. The van der Waals surface area contributed by atoms with Crippen molar-refractivity contribution in [3.05, 3.63) is 30.3 Å². The molecule has 80 valence electrons. The molecule has 0 saturated carbocycles. The van der Waals surface area contributed by atoms with Gasteiger partial charge in [-0.1, -0.05) is 25.6 Å². The monoisotopic (exact) mass is 218 g/mol. The molecule has 1 aromatic carbocycles. The molecule has 0 atom stereocenters. The predicted octanol–water partition coefficient (Wildman–Crippen LogP) is 2.02. The van der Waals surface area contributed by atoms with E-state index in [4.69, 9.17) is 14.4 Å². The maximum Gasteiger partial charge on any atom is 0.692 e. The number of nitrogens with zero attached hydrogens (tertiary/aromatic N) is 1. The molecular weight excluding hydrogens is 201 g/mol. The van der Waals surface area contributed by atoms with E-state index >= 15 is 0 Å². The Hall–Kier alpha value is -0.960. The second kappa shape index (κ2) is 8.63. The highest BCUT2D eigenvalue weighted by molar-refractivity contribution is 7.30. The van der Waals surface area contributed by atoms with Gasteiger partial charge in [-0.25, -0.2) is 0 Å². The first-order valence-corrected chi connectivity index (χ1v) is 4.78. The summed E-state index contributed by atoms with van der Waals surface area (Å²) in [7, 11) is 1.20. The molecule has 2 N–H and O–H groups in total. The highest BCUT2D eigenvalue weighted by atomic mass is 31.1. The molecule has 14 heavy (non-hydrogen) atoms. The number of hydrogen-bond donors (Lipinski definition) is 2. The highest BCUT2D eigenvalue weighted by Crippen LogP contribution is 2.07. The lowest BCUT2D eigenvalue weighted by Gasteiger charge is -2.10. The number of anilines is 1. The van der Waals surface area contributed by atoms with E-state index in [1.165, 1.54) is 5.69 Å². The van der Waals surface area contributed by atoms with E-state index in [2.05, 4.69) is 17.0 Å². The van der Waals surface area contributed by atoms with Gasteiger partial charge in [0.1, 0.15) is 0 Å². The Labute approximate surface area is 85.8 Å². The van der Waals surface area contributed by atoms with Gasteiger partial charge in [0, 0.05) is 24.3 Å². The average Bonchev–Trinajstić information content (AvgIpc) is 2.05. The van der Waals surface area contributed by atoms with Crippen LogP contribution in [0.15, 0.2) is 30.3 Å². The fourth-order valence-corrected chi connectivity index (χ4v) is 0.726. The molecule has 0 radical (unpaired) electrons. The molecule has 0 aromatic heterocycles. The maximum absolute atomic E-state index is 8.70. The van der Waals surface area contributed by atoms with Crippen LogP contribution in [0.2, 0.25) is 0 Å². The SMILES string of the molecule is C.CN(C)c1ccccc1.O=[P+](O)O. The molecule has 0 heterocycles. The van der Waals surface area contributed by atoms with Crippen molar-refractivity contribution in [2.45, 2.75) is 7.43 Å². The molecule has 5 heteroatoms. The van der Waals surface area contributed by atoms with Crippen LogP contribution in [0.4, 0.5) is 5.69 Å². The van der Waals surface area contributed by atoms with E-state index in [9.17, 15) is 0 Å². The summed E-state index contributed by atoms with van der Waals surface area (Å²) in [4.78, 5) is 16.3. The lowest BCUT2D eigenvalue weighted by atomic mass is 10.3. The summed E-state index contributed by atoms with van der Waals surface area (Å²) < 4.78 is 8.70. The highest BCUT2D eigenvalue weighted by Gasteiger charge is 1.93. The number of benzene rings is 1. The molecule has 0 aliphatic heterocycles. The van der Waals surface area contributed by atoms with E-state index in [0.717, 1.165) is 0 Å². The Morgan fingerprint density at radius 1 is 1.14 bits per heavy atom. The minimum Gasteiger partial charge on any atom is -0.378 e. The molecule has 0 aliphatic rings. The molecule has 0 bridgehead atoms. The molecule has 0 amide bonds. The number of hydrogen-bond acceptors (Lipinski definition) is 2. The van der Waals surface area contributed by atoms with Gasteiger partial charge in [0.25, 0.3) is 0 Å². The zero-order valence-electron chi connectivity index (χ0n) is 7.58. The first-order chi connectivity index (χ1) is 6.04. The van der Waals surface area contributed by atoms with Crippen molar-refractivity contribution in [1.29, 1.82) is 0 Å². The van der Waals surface area contributed by atoms with Gasteiger partial charge in [-0.15, -0.1) is 9.79 Å². The Morgan fingerprint density at radius 3 is 1.71 bits per heavy atom. The zero-order valence-corrected chi connectivity index (χ0v) is 8.48. The third-order valence-electron chi connectivity index (χ3n) is 1.27. The van der Waals surface area contributed by atoms with Crippen molar-refractivity contribution in [3.63, 3.8) is 0 Å². The number of rotatable bonds is 1. The molecule has 0 unspecified atom stereocenters. The van der Waals surface area contributed by atoms with Crippen molar-refractivity contribution in [2.75, 3.05) is 19.0 Å². The summed E-state index contributed by atoms with van der Waals surface area (Å²) in [6, 6.07) is 10.3. The summed E-state index contributed by atoms with van der Waals surface area (Å²) in [6.07, 6.45) is 0. The molecule has 0 fully saturated rings. The summed E-state index contributed by atoms with van der Waals surface area (Å²) in [6.45, 7) is 0. The minimum absolute atomic E-state index is 0. The van der Waals surface area contributed by atoms with Crippen molar-refractivity contribution in [2.24, 2.45) is 0 Å². The van der Waals surface area contributed by atoms with E-state index < -0.39 is 8.25 Å². The van der Waals surface area contributed by atoms with Crippen LogP contribution in [0.25, 0.3) is 0 Å². The lowest BCUT2D eigenvalue weighted by molar-refractivity contribution is 0.405. The summed E-state index contributed by atoms with van der Waals surface area (Å²) in [5, 5.41) is 0. The topological polar surface area (TPSA) is 60.8 Å². The van der Waals surface area contributed by atoms with E-state index in [0.29, 0.717) is 0 Å². The molecule has 1 aromatic rings. The van der Waals surface area contributed by atoms with Gasteiger partial charge in [-0.2, -0.15) is 0 Å². The van der Waals surface area contributed by atoms with Crippen LogP contribution in [0.1, 0.15) is 7.43 Å². The van der Waals surface area contributed by atoms with Crippen LogP contribution in [0.5, 0.6) is 0 Å². The predicted molar refractivity (Wildman–Crippen MR) is 59.5 cm³/mol. The molecule has 0 aliphatic carbocycles. The molecule has 4 nitrogen and oxygen atoms in total. The Morgan fingerprint density at radius 2 is 1.50 bits per heavy atom. The third-order valence-corrected chi connectivity index (χ3v) is 1.27. The first kappa shape index (κ1) is 15.5. The largest absolute Gasteiger partial charge is 0.692 e. The van der Waals surface area contributed by atoms with Crippen LogP contribution in [0.3, 0.4) is 0 Å². The standard InChI is InChI=1S/C8H11N.CH4.HO3P/c1-9(2)8-6-4-3-5-7-8;;1-4(2)3/h3-7H,1-2H3;1H4;(H-,1,2,3)/p+1. The van der Waals surface area contributed by atoms with Crippen LogP contribution >= 0.6 is 8.25 Å². The van der Waals surface area contributed by atoms with Gasteiger partial charge in [0.05, 0.1) is 0 Å². The van der Waals surface area contributed by atoms with Crippen molar-refractivity contribution in [1.82, 2.24) is 0 Å². The molecule has 1 rings (SSSR count). The van der Waals surface area contributed by atoms with Crippen molar-refractivity contribution < 1.29 is 14.4 Å². The second-order valence-electron chi connectivity index (χ2n) is 2.48. The minimum atomic E-state index is -2.87. The first-order valence-electron chi connectivity index (χ1n) is 3.61. The van der Waals surface area contributed by atoms with Gasteiger partial charge in [-0.05, 0) is 12.1 Å². The Bertz CT molecular complexity index is 247. The van der Waals surface area contributed by atoms with E-state index in [1.807, 2.05) is 32.3 Å². The Kier molecular flexibility index (Phi) is 9.56. The zero-order chi connectivity index (χ0) is 10.3. The van der Waals surface area contributed by atoms with Gasteiger partial charge in [-0.3, -0.25) is 0 Å². The summed E-state index contributed by atoms with van der Waals surface area (Å²) in [5.74, 6) is 0. The fraction of sp³-hybridized carbons (Fsp3) is 0.333. The molecule has 0 spiro atoms. The van der Waals surface area contributed by atoms with E-state index in [1.54, 1.807) is 0 Å². The number of para-hydroxylation sites is 1. The van der Waals surface area contributed by atoms with E-state index in [-0.39, 0.29) is 7.43 Å². The van der Waals surface area contributed by atoms with Crippen LogP contribution in [-0.2, 0) is 4.57 Å². The quantitative estimate of drug-likeness (QED) is 0.708. The third kappa shape index (κ3) is 9.13. The van der Waals surface area contributed by atoms with Crippen LogP contribution in [0, 0.1) is 0 Å². The van der Waals surface area contributed by atoms with Gasteiger partial charge >= 0.3 is 8.25 Å². The van der Waals surface area contributed by atoms with Crippen molar-refractivity contribution in [3.8, 4) is 0 Å². The van der Waals surface area contributed by atoms with Crippen molar-refractivity contribution >= 4 is 13.9 Å². The van der Waals surface area contributed by atoms with Gasteiger partial charge in [0.2, 0.25) is 0 Å². The second-order valence-corrected chi connectivity index (χ2v) is 2.99. The van der Waals surface area contributed by atoms with Crippen LogP contribution in [-0.4, -0.2) is 23.9 Å². The maximum atomic E-state index is 8.70. The average molecular weight is 218 g/mol. The van der Waals surface area contributed by atoms with Gasteiger partial charge in [0.15, 0.2) is 0 Å². The molecular formula is C9H17NO3P+. The summed E-state index contributed by atoms with van der Waals surface area (Å²) in [5.41, 5.74) is 1.25. The lowest BCUT2D eigenvalue weighted by Crippen LogP contribution is -2.07. The smallest absolute Gasteiger partial charge is 0.378 e. The Balaban J connectivity index is 0. The summed E-state index contributed by atoms with van der Waals surface area (Å²) >= 11 is 0. The van der Waals surface area contributed by atoms with Gasteiger partial charge < -0.3 is 4.90 Å². The molecule has 0 saturated heterocycles. The normalized spacial score (nSPS) is 7.71.